The summed E-state index contributed by atoms with van der Waals surface area (Å²) in [5.41, 5.74) is 0.765. The zero-order valence-corrected chi connectivity index (χ0v) is 36.4. The molecule has 0 saturated heterocycles. The first-order valence-electron chi connectivity index (χ1n) is 21.7. The third-order valence-corrected chi connectivity index (χ3v) is 16.8. The largest absolute Gasteiger partial charge is 0.481 e. The van der Waals surface area contributed by atoms with Crippen molar-refractivity contribution in [2.45, 2.75) is 166 Å². The summed E-state index contributed by atoms with van der Waals surface area (Å²) in [6.07, 6.45) is 10.6. The van der Waals surface area contributed by atoms with E-state index in [1.807, 2.05) is 11.5 Å². The number of hydrogen-bond acceptors (Lipinski definition) is 9. The first kappa shape index (κ1) is 41.7. The summed E-state index contributed by atoms with van der Waals surface area (Å²) in [7, 11) is 0. The Morgan fingerprint density at radius 3 is 2.26 bits per heavy atom. The molecule has 0 aliphatic heterocycles. The SMILES string of the molecule is CCCn1c(-c2ncc(C)cn2)nnc1[C@@H](O)[C@@]12CC[C@]3(C)[C@H](CC[C@@H]4C5(C)CC[C@H](OC(=O)CC(C)(C)C(=O)O)C(C)(C)[C@@H]5CC[C@]43C)C1=C(C(C)C)C(=O)C2. The van der Waals surface area contributed by atoms with Crippen molar-refractivity contribution in [3.05, 3.63) is 34.9 Å². The highest BCUT2D eigenvalue weighted by atomic mass is 16.5. The Morgan fingerprint density at radius 2 is 1.63 bits per heavy atom. The molecule has 2 aromatic heterocycles. The van der Waals surface area contributed by atoms with Gasteiger partial charge in [-0.3, -0.25) is 14.4 Å². The molecular weight excluding hydrogens is 719 g/mol. The number of carboxylic acids is 1. The average Bonchev–Trinajstić information content (AvgIpc) is 3.68. The molecule has 5 aliphatic rings. The number of carboxylic acid groups (broad SMARTS) is 1. The van der Waals surface area contributed by atoms with Gasteiger partial charge in [-0.15, -0.1) is 10.2 Å². The Labute approximate surface area is 339 Å². The molecule has 0 bridgehead atoms. The number of aryl methyl sites for hydroxylation is 1. The maximum atomic E-state index is 14.4. The number of aliphatic carboxylic acids is 1. The van der Waals surface area contributed by atoms with E-state index >= 15 is 0 Å². The number of hydrogen-bond donors (Lipinski definition) is 2. The van der Waals surface area contributed by atoms with Crippen molar-refractivity contribution in [3.63, 3.8) is 0 Å². The van der Waals surface area contributed by atoms with Crippen LogP contribution in [0, 0.1) is 63.1 Å². The molecule has 0 aromatic carbocycles. The van der Waals surface area contributed by atoms with Crippen molar-refractivity contribution < 1.29 is 29.3 Å². The predicted octanol–water partition coefficient (Wildman–Crippen LogP) is 8.88. The van der Waals surface area contributed by atoms with Crippen LogP contribution in [0.3, 0.4) is 0 Å². The van der Waals surface area contributed by atoms with Gasteiger partial charge in [0.15, 0.2) is 17.4 Å². The van der Waals surface area contributed by atoms with Gasteiger partial charge in [0, 0.05) is 36.2 Å². The Hall–Kier alpha value is -3.47. The van der Waals surface area contributed by atoms with E-state index in [0.717, 1.165) is 62.5 Å². The van der Waals surface area contributed by atoms with Crippen molar-refractivity contribution in [1.29, 1.82) is 0 Å². The quantitative estimate of drug-likeness (QED) is 0.223. The van der Waals surface area contributed by atoms with Crippen LogP contribution in [-0.4, -0.2) is 58.8 Å². The smallest absolute Gasteiger partial charge is 0.309 e. The van der Waals surface area contributed by atoms with Gasteiger partial charge in [0.25, 0.3) is 0 Å². The Kier molecular flexibility index (Phi) is 10.3. The normalized spacial score (nSPS) is 35.3. The van der Waals surface area contributed by atoms with Crippen molar-refractivity contribution in [2.24, 2.45) is 56.2 Å². The summed E-state index contributed by atoms with van der Waals surface area (Å²) in [6.45, 7) is 24.1. The molecule has 312 valence electrons. The van der Waals surface area contributed by atoms with Crippen LogP contribution in [-0.2, 0) is 25.7 Å². The third-order valence-electron chi connectivity index (χ3n) is 16.8. The molecule has 11 nitrogen and oxygen atoms in total. The number of ether oxygens (including phenoxy) is 1. The lowest BCUT2D eigenvalue weighted by Crippen LogP contribution is -2.66. The second kappa shape index (κ2) is 14.1. The van der Waals surface area contributed by atoms with Gasteiger partial charge < -0.3 is 19.5 Å². The highest BCUT2D eigenvalue weighted by molar-refractivity contribution is 6.00. The molecular formula is C46H67N5O6. The fourth-order valence-electron chi connectivity index (χ4n) is 13.7. The van der Waals surface area contributed by atoms with Crippen LogP contribution in [0.5, 0.6) is 0 Å². The van der Waals surface area contributed by atoms with Gasteiger partial charge in [-0.25, -0.2) is 9.97 Å². The number of esters is 1. The summed E-state index contributed by atoms with van der Waals surface area (Å²) in [5.74, 6) is 1.20. The van der Waals surface area contributed by atoms with Gasteiger partial charge in [-0.1, -0.05) is 55.4 Å². The number of nitrogens with zero attached hydrogens (tertiary/aromatic N) is 5. The number of ketones is 1. The molecule has 0 radical (unpaired) electrons. The van der Waals surface area contributed by atoms with Crippen LogP contribution in [0.2, 0.25) is 0 Å². The van der Waals surface area contributed by atoms with Crippen LogP contribution in [0.25, 0.3) is 11.6 Å². The van der Waals surface area contributed by atoms with Gasteiger partial charge in [-0.2, -0.15) is 0 Å². The number of fused-ring (bicyclic) bond motifs is 7. The standard InChI is InChI=1S/C46H67N5O6/c1-12-21-51-38(49-50-39(51)37-47-24-27(4)25-48-37)36(54)46-20-19-44(10)28(35(46)34(26(2)3)29(52)22-46)13-14-31-43(9)17-16-32(57-33(53)23-41(5,6)40(55)56)42(7,8)30(43)15-18-45(31,44)11/h24-26,28,30-32,36,54H,12-23H2,1-11H3,(H,55,56)/t28-,30+,31-,32+,36-,43?,44-,45-,46-/m1/s1. The molecule has 0 amide bonds. The fraction of sp³-hybridized carbons (Fsp3) is 0.761. The molecule has 0 spiro atoms. The molecule has 2 aromatic rings. The Morgan fingerprint density at radius 1 is 0.947 bits per heavy atom. The van der Waals surface area contributed by atoms with E-state index in [9.17, 15) is 24.6 Å². The van der Waals surface area contributed by atoms with E-state index in [4.69, 9.17) is 4.74 Å². The van der Waals surface area contributed by atoms with E-state index in [2.05, 4.69) is 75.6 Å². The predicted molar refractivity (Wildman–Crippen MR) is 216 cm³/mol. The van der Waals surface area contributed by atoms with Crippen LogP contribution < -0.4 is 0 Å². The Bertz CT molecular complexity index is 1970. The summed E-state index contributed by atoms with van der Waals surface area (Å²) in [4.78, 5) is 48.4. The number of carbonyl (C=O) groups is 3. The number of aliphatic hydroxyl groups excluding tert-OH is 1. The highest BCUT2D eigenvalue weighted by Gasteiger charge is 2.71. The van der Waals surface area contributed by atoms with Crippen molar-refractivity contribution in [1.82, 2.24) is 24.7 Å². The van der Waals surface area contributed by atoms with Crippen LogP contribution in [0.15, 0.2) is 23.5 Å². The fourth-order valence-corrected chi connectivity index (χ4v) is 13.7. The molecule has 9 atom stereocenters. The van der Waals surface area contributed by atoms with E-state index in [-0.39, 0.29) is 58.2 Å². The average molecular weight is 786 g/mol. The van der Waals surface area contributed by atoms with Gasteiger partial charge >= 0.3 is 11.9 Å². The molecule has 7 rings (SSSR count). The number of aliphatic hydroxyl groups is 1. The summed E-state index contributed by atoms with van der Waals surface area (Å²) in [5, 5.41) is 31.7. The second-order valence-electron chi connectivity index (χ2n) is 21.1. The third kappa shape index (κ3) is 6.16. The van der Waals surface area contributed by atoms with E-state index < -0.39 is 28.9 Å². The monoisotopic (exact) mass is 786 g/mol. The van der Waals surface area contributed by atoms with E-state index in [1.54, 1.807) is 26.2 Å². The van der Waals surface area contributed by atoms with Gasteiger partial charge in [0.2, 0.25) is 5.82 Å². The Balaban J connectivity index is 1.22. The number of aromatic nitrogens is 5. The summed E-state index contributed by atoms with van der Waals surface area (Å²) < 4.78 is 8.17. The van der Waals surface area contributed by atoms with Crippen LogP contribution >= 0.6 is 0 Å². The zero-order chi connectivity index (χ0) is 41.7. The number of allylic oxidation sites excluding steroid dienone is 1. The van der Waals surface area contributed by atoms with Gasteiger partial charge in [0.1, 0.15) is 12.2 Å². The summed E-state index contributed by atoms with van der Waals surface area (Å²) >= 11 is 0. The number of Topliss-reactive ketones (excluding diaryl/α,β-unsaturated/α-hetero) is 1. The van der Waals surface area contributed by atoms with Gasteiger partial charge in [0.05, 0.1) is 11.8 Å². The number of carbonyl (C=O) groups excluding carboxylic acids is 2. The first-order chi connectivity index (χ1) is 26.6. The molecule has 5 aliphatic carbocycles. The molecule has 1 unspecified atom stereocenters. The second-order valence-corrected chi connectivity index (χ2v) is 21.1. The van der Waals surface area contributed by atoms with E-state index in [0.29, 0.717) is 42.3 Å². The van der Waals surface area contributed by atoms with Crippen molar-refractivity contribution >= 4 is 17.7 Å². The molecule has 11 heteroatoms. The summed E-state index contributed by atoms with van der Waals surface area (Å²) in [6, 6.07) is 0. The topological polar surface area (TPSA) is 157 Å². The molecule has 2 heterocycles. The minimum Gasteiger partial charge on any atom is -0.481 e. The molecule has 57 heavy (non-hydrogen) atoms. The first-order valence-corrected chi connectivity index (χ1v) is 21.7. The molecule has 4 fully saturated rings. The van der Waals surface area contributed by atoms with Crippen molar-refractivity contribution in [3.8, 4) is 11.6 Å². The van der Waals surface area contributed by atoms with Crippen molar-refractivity contribution in [2.75, 3.05) is 0 Å². The lowest BCUT2D eigenvalue weighted by atomic mass is 9.33. The highest BCUT2D eigenvalue weighted by Crippen LogP contribution is 2.77. The minimum absolute atomic E-state index is 0.0116. The van der Waals surface area contributed by atoms with Crippen LogP contribution in [0.4, 0.5) is 0 Å². The lowest BCUT2D eigenvalue weighted by molar-refractivity contribution is -0.235. The minimum atomic E-state index is -1.18. The molecule has 4 saturated carbocycles. The molecule has 2 N–H and O–H groups in total. The van der Waals surface area contributed by atoms with Gasteiger partial charge in [-0.05, 0) is 135 Å². The maximum Gasteiger partial charge on any atom is 0.309 e. The lowest BCUT2D eigenvalue weighted by Gasteiger charge is -2.72. The zero-order valence-electron chi connectivity index (χ0n) is 36.4. The maximum absolute atomic E-state index is 14.4. The van der Waals surface area contributed by atoms with Crippen LogP contribution in [0.1, 0.15) is 157 Å². The van der Waals surface area contributed by atoms with E-state index in [1.165, 1.54) is 5.57 Å². The number of rotatable bonds is 10.